The second-order valence-corrected chi connectivity index (χ2v) is 7.43. The van der Waals surface area contributed by atoms with Crippen molar-refractivity contribution in [3.05, 3.63) is 64.2 Å². The van der Waals surface area contributed by atoms with Crippen LogP contribution in [0.4, 0.5) is 22.0 Å². The van der Waals surface area contributed by atoms with E-state index in [2.05, 4.69) is 4.98 Å². The third kappa shape index (κ3) is 5.32. The Bertz CT molecular complexity index is 860. The average molecular weight is 425 g/mol. The largest absolute Gasteiger partial charge is 0.364 e. The lowest BCUT2D eigenvalue weighted by atomic mass is 10.00. The maximum Gasteiger partial charge on any atom is 0.322 e. The number of pyridine rings is 1. The normalized spacial score (nSPS) is 12.9. The number of nitrogens with zero attached hydrogens (tertiary/aromatic N) is 1. The van der Waals surface area contributed by atoms with Gasteiger partial charge in [-0.1, -0.05) is 0 Å². The van der Waals surface area contributed by atoms with Crippen molar-refractivity contribution in [2.75, 3.05) is 5.75 Å². The molecule has 1 heterocycles. The van der Waals surface area contributed by atoms with Crippen molar-refractivity contribution in [3.63, 3.8) is 0 Å². The molecule has 1 aromatic heterocycles. The number of halogens is 6. The highest BCUT2D eigenvalue weighted by atomic mass is 35.5. The Morgan fingerprint density at radius 2 is 1.93 bits per heavy atom. The van der Waals surface area contributed by atoms with Crippen LogP contribution < -0.4 is 5.73 Å². The molecule has 2 rings (SSSR count). The number of rotatable bonds is 7. The maximum atomic E-state index is 14.3. The molecule has 0 bridgehead atoms. The molecule has 1 atom stereocenters. The molecule has 10 heteroatoms. The topological polar surface area (TPSA) is 56.0 Å². The van der Waals surface area contributed by atoms with Crippen molar-refractivity contribution < 1.29 is 26.7 Å². The molecular weight excluding hydrogens is 411 g/mol. The Morgan fingerprint density at radius 3 is 2.48 bits per heavy atom. The minimum atomic E-state index is -3.49. The molecule has 0 saturated heterocycles. The van der Waals surface area contributed by atoms with Gasteiger partial charge in [0.05, 0.1) is 5.25 Å². The van der Waals surface area contributed by atoms with Crippen molar-refractivity contribution in [3.8, 4) is 0 Å². The predicted octanol–water partition coefficient (Wildman–Crippen LogP) is 4.95. The van der Waals surface area contributed by atoms with Crippen LogP contribution in [-0.2, 0) is 0 Å². The van der Waals surface area contributed by atoms with Gasteiger partial charge in [-0.15, -0.1) is 11.8 Å². The summed E-state index contributed by atoms with van der Waals surface area (Å²) in [6, 6.07) is 2.68. The van der Waals surface area contributed by atoms with Crippen LogP contribution in [0.25, 0.3) is 0 Å². The molecule has 27 heavy (non-hydrogen) atoms. The average Bonchev–Trinajstić information content (AvgIpc) is 2.56. The first-order valence-corrected chi connectivity index (χ1v) is 9.02. The van der Waals surface area contributed by atoms with E-state index >= 15 is 0 Å². The molecule has 1 aromatic carbocycles. The van der Waals surface area contributed by atoms with Gasteiger partial charge in [0.15, 0.2) is 11.6 Å². The van der Waals surface area contributed by atoms with E-state index < -0.39 is 46.0 Å². The number of amides is 1. The van der Waals surface area contributed by atoms with Crippen LogP contribution in [0.2, 0.25) is 0 Å². The van der Waals surface area contributed by atoms with E-state index in [4.69, 9.17) is 17.3 Å². The van der Waals surface area contributed by atoms with Gasteiger partial charge >= 0.3 is 5.38 Å². The predicted molar refractivity (Wildman–Crippen MR) is 93.5 cm³/mol. The summed E-state index contributed by atoms with van der Waals surface area (Å²) in [7, 11) is 0. The van der Waals surface area contributed by atoms with Gasteiger partial charge < -0.3 is 5.73 Å². The monoisotopic (exact) mass is 424 g/mol. The van der Waals surface area contributed by atoms with Gasteiger partial charge in [-0.3, -0.25) is 9.78 Å². The molecule has 0 aliphatic rings. The lowest BCUT2D eigenvalue weighted by Gasteiger charge is -2.21. The summed E-state index contributed by atoms with van der Waals surface area (Å²) in [5, 5.41) is -4.67. The summed E-state index contributed by atoms with van der Waals surface area (Å²) < 4.78 is 68.0. The first-order valence-electron chi connectivity index (χ1n) is 7.59. The van der Waals surface area contributed by atoms with Crippen LogP contribution in [0.1, 0.15) is 38.8 Å². The third-order valence-corrected chi connectivity index (χ3v) is 5.15. The Morgan fingerprint density at radius 1 is 1.30 bits per heavy atom. The molecule has 0 aliphatic heterocycles. The molecule has 0 radical (unpaired) electrons. The number of aromatic nitrogens is 1. The van der Waals surface area contributed by atoms with Crippen LogP contribution in [-0.4, -0.2) is 22.0 Å². The zero-order valence-electron chi connectivity index (χ0n) is 13.9. The van der Waals surface area contributed by atoms with Gasteiger partial charge in [0.2, 0.25) is 0 Å². The molecule has 3 nitrogen and oxygen atoms in total. The molecule has 2 aromatic rings. The van der Waals surface area contributed by atoms with Gasteiger partial charge in [0, 0.05) is 23.9 Å². The van der Waals surface area contributed by atoms with E-state index in [1.54, 1.807) is 0 Å². The molecule has 0 spiro atoms. The van der Waals surface area contributed by atoms with Crippen molar-refractivity contribution in [2.24, 2.45) is 5.73 Å². The number of thioether (sulfide) groups is 1. The van der Waals surface area contributed by atoms with Crippen molar-refractivity contribution >= 4 is 29.3 Å². The fraction of sp³-hybridized carbons (Fsp3) is 0.294. The van der Waals surface area contributed by atoms with Crippen LogP contribution in [0.3, 0.4) is 0 Å². The lowest BCUT2D eigenvalue weighted by molar-refractivity contribution is 0.0933. The Balaban J connectivity index is 2.51. The Kier molecular flexibility index (Phi) is 6.69. The van der Waals surface area contributed by atoms with E-state index in [9.17, 15) is 26.7 Å². The van der Waals surface area contributed by atoms with Gasteiger partial charge in [-0.05, 0) is 47.9 Å². The second-order valence-electron chi connectivity index (χ2n) is 5.66. The zero-order chi connectivity index (χ0) is 20.4. The summed E-state index contributed by atoms with van der Waals surface area (Å²) in [6.45, 7) is 1.53. The van der Waals surface area contributed by atoms with Crippen LogP contribution in [0, 0.1) is 24.4 Å². The summed E-state index contributed by atoms with van der Waals surface area (Å²) in [4.78, 5) is 15.0. The van der Waals surface area contributed by atoms with Gasteiger partial charge in [0.1, 0.15) is 11.5 Å². The number of nitrogens with two attached hydrogens (primary N) is 1. The van der Waals surface area contributed by atoms with E-state index in [-0.39, 0.29) is 17.0 Å². The molecule has 1 unspecified atom stereocenters. The minimum absolute atomic E-state index is 0.0764. The molecule has 0 aliphatic carbocycles. The standard InChI is InChI=1S/C17H14ClF5N2OS/c1-8-6-12(16(24)26)25-7-9(8)15(27-5-4-17(18,22)23)13-10(19)2-3-11(20)14(13)21/h2-3,6-7,15H,4-5H2,1H3,(H2,24,26). The highest BCUT2D eigenvalue weighted by Gasteiger charge is 2.29. The van der Waals surface area contributed by atoms with Gasteiger partial charge in [-0.2, -0.15) is 8.78 Å². The van der Waals surface area contributed by atoms with Crippen LogP contribution >= 0.6 is 23.4 Å². The number of carbonyl (C=O) groups is 1. The smallest absolute Gasteiger partial charge is 0.322 e. The molecule has 2 N–H and O–H groups in total. The number of benzene rings is 1. The minimum Gasteiger partial charge on any atom is -0.364 e. The summed E-state index contributed by atoms with van der Waals surface area (Å²) in [6.07, 6.45) is 0.399. The van der Waals surface area contributed by atoms with Crippen LogP contribution in [0.5, 0.6) is 0 Å². The van der Waals surface area contributed by atoms with E-state index in [0.717, 1.165) is 24.0 Å². The number of primary amides is 1. The molecule has 0 fully saturated rings. The van der Waals surface area contributed by atoms with Crippen LogP contribution in [0.15, 0.2) is 24.4 Å². The quantitative estimate of drug-likeness (QED) is 0.388. The highest BCUT2D eigenvalue weighted by molar-refractivity contribution is 7.99. The summed E-state index contributed by atoms with van der Waals surface area (Å²) >= 11 is 5.62. The lowest BCUT2D eigenvalue weighted by Crippen LogP contribution is -2.15. The highest BCUT2D eigenvalue weighted by Crippen LogP contribution is 2.41. The number of aryl methyl sites for hydroxylation is 1. The summed E-state index contributed by atoms with van der Waals surface area (Å²) in [5.74, 6) is -4.82. The number of alkyl halides is 3. The van der Waals surface area contributed by atoms with Gasteiger partial charge in [0.25, 0.3) is 5.91 Å². The van der Waals surface area contributed by atoms with E-state index in [1.165, 1.54) is 13.0 Å². The number of hydrogen-bond donors (Lipinski definition) is 1. The fourth-order valence-corrected chi connectivity index (χ4v) is 4.01. The fourth-order valence-electron chi connectivity index (χ4n) is 2.38. The number of hydrogen-bond acceptors (Lipinski definition) is 3. The maximum absolute atomic E-state index is 14.3. The Labute approximate surface area is 161 Å². The number of carbonyl (C=O) groups excluding carboxylic acids is 1. The Hall–Kier alpha value is -1.87. The van der Waals surface area contributed by atoms with E-state index in [1.807, 2.05) is 0 Å². The zero-order valence-corrected chi connectivity index (χ0v) is 15.5. The van der Waals surface area contributed by atoms with Crippen molar-refractivity contribution in [2.45, 2.75) is 24.0 Å². The van der Waals surface area contributed by atoms with E-state index in [0.29, 0.717) is 11.6 Å². The first kappa shape index (κ1) is 21.4. The molecule has 0 saturated carbocycles. The third-order valence-electron chi connectivity index (χ3n) is 3.70. The summed E-state index contributed by atoms with van der Waals surface area (Å²) in [5.41, 5.74) is 5.05. The van der Waals surface area contributed by atoms with Gasteiger partial charge in [-0.25, -0.2) is 13.2 Å². The van der Waals surface area contributed by atoms with Crippen molar-refractivity contribution in [1.29, 1.82) is 0 Å². The van der Waals surface area contributed by atoms with Crippen molar-refractivity contribution in [1.82, 2.24) is 4.98 Å². The molecule has 1 amide bonds. The second kappa shape index (κ2) is 8.43. The first-order chi connectivity index (χ1) is 12.5. The SMILES string of the molecule is Cc1cc(C(N)=O)ncc1C(SCCC(F)(F)Cl)c1c(F)ccc(F)c1F. The molecule has 146 valence electrons. The molecular formula is C17H14ClF5N2OS.